The van der Waals surface area contributed by atoms with Crippen LogP contribution in [0.4, 0.5) is 5.69 Å². The fourth-order valence-corrected chi connectivity index (χ4v) is 2.71. The molecule has 1 aliphatic rings. The van der Waals surface area contributed by atoms with E-state index in [1.807, 2.05) is 0 Å². The highest BCUT2D eigenvalue weighted by Crippen LogP contribution is 2.25. The van der Waals surface area contributed by atoms with E-state index in [1.165, 1.54) is 35.2 Å². The SMILES string of the molecule is Cc1ccc(N(C)Cc2ccccc2)c(CNC2CC2)c1. The molecule has 2 aromatic rings. The lowest BCUT2D eigenvalue weighted by molar-refractivity contribution is 0.685. The third-order valence-electron chi connectivity index (χ3n) is 4.07. The average molecular weight is 280 g/mol. The molecule has 1 aliphatic carbocycles. The van der Waals surface area contributed by atoms with Crippen molar-refractivity contribution in [2.45, 2.75) is 38.9 Å². The van der Waals surface area contributed by atoms with Gasteiger partial charge in [-0.2, -0.15) is 0 Å². The zero-order valence-corrected chi connectivity index (χ0v) is 13.0. The smallest absolute Gasteiger partial charge is 0.0426 e. The number of anilines is 1. The molecule has 1 N–H and O–H groups in total. The Morgan fingerprint density at radius 2 is 1.86 bits per heavy atom. The molecule has 0 spiro atoms. The van der Waals surface area contributed by atoms with Crippen LogP contribution in [0, 0.1) is 6.92 Å². The monoisotopic (exact) mass is 280 g/mol. The summed E-state index contributed by atoms with van der Waals surface area (Å²) in [6, 6.07) is 18.2. The van der Waals surface area contributed by atoms with Crippen molar-refractivity contribution in [2.75, 3.05) is 11.9 Å². The molecule has 0 aliphatic heterocycles. The normalized spacial score (nSPS) is 14.2. The molecule has 0 atom stereocenters. The van der Waals surface area contributed by atoms with Gasteiger partial charge in [0, 0.05) is 31.9 Å². The molecular formula is C19H24N2. The van der Waals surface area contributed by atoms with E-state index in [4.69, 9.17) is 0 Å². The van der Waals surface area contributed by atoms with E-state index >= 15 is 0 Å². The third-order valence-corrected chi connectivity index (χ3v) is 4.07. The molecule has 1 fully saturated rings. The van der Waals surface area contributed by atoms with E-state index in [9.17, 15) is 0 Å². The van der Waals surface area contributed by atoms with Gasteiger partial charge in [0.05, 0.1) is 0 Å². The number of hydrogen-bond acceptors (Lipinski definition) is 2. The molecule has 0 unspecified atom stereocenters. The molecule has 0 heterocycles. The van der Waals surface area contributed by atoms with E-state index in [-0.39, 0.29) is 0 Å². The second kappa shape index (κ2) is 6.31. The van der Waals surface area contributed by atoms with Gasteiger partial charge in [-0.3, -0.25) is 0 Å². The Labute approximate surface area is 127 Å². The van der Waals surface area contributed by atoms with Crippen molar-refractivity contribution in [1.82, 2.24) is 5.32 Å². The van der Waals surface area contributed by atoms with Gasteiger partial charge in [0.15, 0.2) is 0 Å². The zero-order valence-electron chi connectivity index (χ0n) is 13.0. The fourth-order valence-electron chi connectivity index (χ4n) is 2.71. The lowest BCUT2D eigenvalue weighted by Gasteiger charge is -2.23. The summed E-state index contributed by atoms with van der Waals surface area (Å²) in [6.45, 7) is 4.09. The third kappa shape index (κ3) is 3.85. The molecule has 110 valence electrons. The number of benzene rings is 2. The molecule has 0 aromatic heterocycles. The molecule has 2 heteroatoms. The van der Waals surface area contributed by atoms with E-state index in [1.54, 1.807) is 0 Å². The molecule has 1 saturated carbocycles. The minimum atomic E-state index is 0.748. The Kier molecular flexibility index (Phi) is 4.26. The fraction of sp³-hybridized carbons (Fsp3) is 0.368. The highest BCUT2D eigenvalue weighted by atomic mass is 15.1. The van der Waals surface area contributed by atoms with Gasteiger partial charge in [-0.05, 0) is 37.0 Å². The van der Waals surface area contributed by atoms with Crippen molar-refractivity contribution in [3.63, 3.8) is 0 Å². The minimum absolute atomic E-state index is 0.748. The predicted molar refractivity (Wildman–Crippen MR) is 89.6 cm³/mol. The largest absolute Gasteiger partial charge is 0.370 e. The van der Waals surface area contributed by atoms with Crippen LogP contribution in [0.2, 0.25) is 0 Å². The maximum atomic E-state index is 3.63. The van der Waals surface area contributed by atoms with Crippen LogP contribution < -0.4 is 10.2 Å². The van der Waals surface area contributed by atoms with Gasteiger partial charge in [-0.15, -0.1) is 0 Å². The standard InChI is InChI=1S/C19H24N2/c1-15-8-11-19(17(12-15)13-20-18-9-10-18)21(2)14-16-6-4-3-5-7-16/h3-8,11-12,18,20H,9-10,13-14H2,1-2H3. The molecule has 0 amide bonds. The number of nitrogens with zero attached hydrogens (tertiary/aromatic N) is 1. The summed E-state index contributed by atoms with van der Waals surface area (Å²) < 4.78 is 0. The van der Waals surface area contributed by atoms with Gasteiger partial charge in [0.2, 0.25) is 0 Å². The summed E-state index contributed by atoms with van der Waals surface area (Å²) in [7, 11) is 2.18. The van der Waals surface area contributed by atoms with Crippen LogP contribution in [0.25, 0.3) is 0 Å². The average Bonchev–Trinajstić information content (AvgIpc) is 3.30. The summed E-state index contributed by atoms with van der Waals surface area (Å²) in [5.74, 6) is 0. The van der Waals surface area contributed by atoms with Gasteiger partial charge < -0.3 is 10.2 Å². The summed E-state index contributed by atoms with van der Waals surface area (Å²) >= 11 is 0. The molecule has 2 nitrogen and oxygen atoms in total. The summed E-state index contributed by atoms with van der Waals surface area (Å²) in [6.07, 6.45) is 2.67. The maximum Gasteiger partial charge on any atom is 0.0426 e. The molecule has 0 bridgehead atoms. The van der Waals surface area contributed by atoms with Crippen molar-refractivity contribution in [1.29, 1.82) is 0 Å². The molecular weight excluding hydrogens is 256 g/mol. The molecule has 2 aromatic carbocycles. The summed E-state index contributed by atoms with van der Waals surface area (Å²) in [5.41, 5.74) is 5.42. The van der Waals surface area contributed by atoms with Crippen LogP contribution in [0.3, 0.4) is 0 Å². The van der Waals surface area contributed by atoms with Crippen LogP contribution in [0.5, 0.6) is 0 Å². The van der Waals surface area contributed by atoms with Crippen LogP contribution in [-0.4, -0.2) is 13.1 Å². The van der Waals surface area contributed by atoms with E-state index in [0.29, 0.717) is 0 Å². The number of nitrogens with one attached hydrogen (secondary N) is 1. The van der Waals surface area contributed by atoms with Gasteiger partial charge in [-0.1, -0.05) is 48.0 Å². The Morgan fingerprint density at radius 1 is 1.10 bits per heavy atom. The number of aryl methyl sites for hydroxylation is 1. The number of rotatable bonds is 6. The van der Waals surface area contributed by atoms with Gasteiger partial charge >= 0.3 is 0 Å². The predicted octanol–water partition coefficient (Wildman–Crippen LogP) is 3.88. The van der Waals surface area contributed by atoms with Crippen molar-refractivity contribution in [3.8, 4) is 0 Å². The first kappa shape index (κ1) is 14.2. The maximum absolute atomic E-state index is 3.63. The second-order valence-corrected chi connectivity index (χ2v) is 6.13. The second-order valence-electron chi connectivity index (χ2n) is 6.13. The molecule has 3 rings (SSSR count). The van der Waals surface area contributed by atoms with Crippen molar-refractivity contribution >= 4 is 5.69 Å². The Morgan fingerprint density at radius 3 is 2.57 bits per heavy atom. The highest BCUT2D eigenvalue weighted by Gasteiger charge is 2.20. The Bertz CT molecular complexity index is 588. The first-order valence-electron chi connectivity index (χ1n) is 7.80. The summed E-state index contributed by atoms with van der Waals surface area (Å²) in [4.78, 5) is 2.35. The lowest BCUT2D eigenvalue weighted by atomic mass is 10.1. The quantitative estimate of drug-likeness (QED) is 0.863. The van der Waals surface area contributed by atoms with Gasteiger partial charge in [0.25, 0.3) is 0 Å². The van der Waals surface area contributed by atoms with Gasteiger partial charge in [0.1, 0.15) is 0 Å². The Balaban J connectivity index is 1.75. The molecule has 0 radical (unpaired) electrons. The number of hydrogen-bond donors (Lipinski definition) is 1. The van der Waals surface area contributed by atoms with Gasteiger partial charge in [-0.25, -0.2) is 0 Å². The zero-order chi connectivity index (χ0) is 14.7. The Hall–Kier alpha value is -1.80. The van der Waals surface area contributed by atoms with Crippen molar-refractivity contribution in [3.05, 3.63) is 65.2 Å². The summed E-state index contributed by atoms with van der Waals surface area (Å²) in [5, 5.41) is 3.63. The first-order chi connectivity index (χ1) is 10.2. The van der Waals surface area contributed by atoms with Crippen LogP contribution in [0.1, 0.15) is 29.5 Å². The topological polar surface area (TPSA) is 15.3 Å². The van der Waals surface area contributed by atoms with Crippen molar-refractivity contribution in [2.24, 2.45) is 0 Å². The van der Waals surface area contributed by atoms with Crippen LogP contribution in [-0.2, 0) is 13.1 Å². The molecule has 0 saturated heterocycles. The minimum Gasteiger partial charge on any atom is -0.370 e. The van der Waals surface area contributed by atoms with E-state index in [0.717, 1.165) is 19.1 Å². The lowest BCUT2D eigenvalue weighted by Crippen LogP contribution is -2.21. The van der Waals surface area contributed by atoms with Crippen LogP contribution >= 0.6 is 0 Å². The van der Waals surface area contributed by atoms with E-state index in [2.05, 4.69) is 72.7 Å². The van der Waals surface area contributed by atoms with E-state index < -0.39 is 0 Å². The first-order valence-corrected chi connectivity index (χ1v) is 7.80. The highest BCUT2D eigenvalue weighted by molar-refractivity contribution is 5.54. The van der Waals surface area contributed by atoms with Crippen LogP contribution in [0.15, 0.2) is 48.5 Å². The molecule has 21 heavy (non-hydrogen) atoms. The van der Waals surface area contributed by atoms with Crippen molar-refractivity contribution < 1.29 is 0 Å².